The van der Waals surface area contributed by atoms with Crippen LogP contribution >= 0.6 is 23.2 Å². The number of oxime groups is 1. The second-order valence-electron chi connectivity index (χ2n) is 6.90. The first-order valence-electron chi connectivity index (χ1n) is 9.08. The highest BCUT2D eigenvalue weighted by molar-refractivity contribution is 6.34. The molecule has 0 amide bonds. The van der Waals surface area contributed by atoms with Crippen molar-refractivity contribution in [3.8, 4) is 5.69 Å². The molecule has 0 aliphatic carbocycles. The van der Waals surface area contributed by atoms with Gasteiger partial charge in [0.05, 0.1) is 11.4 Å². The molecule has 1 aromatic heterocycles. The van der Waals surface area contributed by atoms with Crippen LogP contribution in [0.15, 0.2) is 65.0 Å². The first-order valence-corrected chi connectivity index (χ1v) is 9.84. The van der Waals surface area contributed by atoms with Crippen molar-refractivity contribution >= 4 is 35.1 Å². The fourth-order valence-corrected chi connectivity index (χ4v) is 3.97. The smallest absolute Gasteiger partial charge is 0.374 e. The maximum Gasteiger partial charge on any atom is 0.435 e. The van der Waals surface area contributed by atoms with Gasteiger partial charge in [-0.15, -0.1) is 0 Å². The average Bonchev–Trinajstić information content (AvgIpc) is 3.38. The van der Waals surface area contributed by atoms with E-state index in [9.17, 15) is 13.2 Å². The van der Waals surface area contributed by atoms with Gasteiger partial charge in [-0.05, 0) is 36.4 Å². The lowest BCUT2D eigenvalue weighted by molar-refractivity contribution is -0.275. The van der Waals surface area contributed by atoms with Crippen LogP contribution in [0, 0.1) is 0 Å². The average molecular weight is 467 g/mol. The van der Waals surface area contributed by atoms with E-state index in [2.05, 4.69) is 15.2 Å². The second-order valence-corrected chi connectivity index (χ2v) is 7.77. The summed E-state index contributed by atoms with van der Waals surface area (Å²) < 4.78 is 44.2. The summed E-state index contributed by atoms with van der Waals surface area (Å²) in [6.07, 6.45) is -0.296. The fourth-order valence-electron chi connectivity index (χ4n) is 3.44. The summed E-state index contributed by atoms with van der Waals surface area (Å²) in [4.78, 5) is 9.10. The molecule has 2 heterocycles. The molecule has 0 N–H and O–H groups in total. The minimum atomic E-state index is -4.75. The van der Waals surface area contributed by atoms with Gasteiger partial charge in [-0.2, -0.15) is 18.3 Å². The van der Waals surface area contributed by atoms with E-state index in [1.165, 1.54) is 18.2 Å². The topological polar surface area (TPSA) is 51.8 Å². The van der Waals surface area contributed by atoms with Crippen LogP contribution < -0.4 is 0 Å². The first kappa shape index (κ1) is 21.4. The zero-order valence-corrected chi connectivity index (χ0v) is 17.6. The zero-order chi connectivity index (χ0) is 22.2. The van der Waals surface area contributed by atoms with Crippen molar-refractivity contribution < 1.29 is 18.0 Å². The standard InChI is InChI=1S/C21H15Cl2F3N4O/c1-27-12-14-7-13(3-4-19(14)30-6-2-5-28-30)18-11-20(31-29-18,21(24,25)26)15-8-16(22)10-17(23)9-15/h2-10,12H,11H2,1H3. The Bertz CT molecular complexity index is 1160. The van der Waals surface area contributed by atoms with E-state index in [1.807, 2.05) is 0 Å². The van der Waals surface area contributed by atoms with Crippen LogP contribution in [0.25, 0.3) is 5.69 Å². The molecule has 1 aliphatic rings. The Hall–Kier alpha value is -2.84. The molecule has 0 bridgehead atoms. The highest BCUT2D eigenvalue weighted by atomic mass is 35.5. The van der Waals surface area contributed by atoms with Crippen molar-refractivity contribution in [3.63, 3.8) is 0 Å². The van der Waals surface area contributed by atoms with E-state index in [1.54, 1.807) is 54.6 Å². The highest BCUT2D eigenvalue weighted by Gasteiger charge is 2.62. The van der Waals surface area contributed by atoms with Crippen LogP contribution in [0.5, 0.6) is 0 Å². The van der Waals surface area contributed by atoms with Crippen molar-refractivity contribution in [1.29, 1.82) is 0 Å². The minimum Gasteiger partial charge on any atom is -0.374 e. The van der Waals surface area contributed by atoms with Crippen LogP contribution in [0.3, 0.4) is 0 Å². The second kappa shape index (κ2) is 8.01. The molecule has 4 rings (SSSR count). The Morgan fingerprint density at radius 1 is 1.16 bits per heavy atom. The summed E-state index contributed by atoms with van der Waals surface area (Å²) in [5, 5.41) is 8.15. The Morgan fingerprint density at radius 2 is 1.90 bits per heavy atom. The molecule has 0 fully saturated rings. The summed E-state index contributed by atoms with van der Waals surface area (Å²) in [5.41, 5.74) is -0.878. The minimum absolute atomic E-state index is 0.0770. The largest absolute Gasteiger partial charge is 0.435 e. The fraction of sp³-hybridized carbons (Fsp3) is 0.190. The lowest BCUT2D eigenvalue weighted by Gasteiger charge is -2.29. The number of halogens is 5. The molecule has 160 valence electrons. The van der Waals surface area contributed by atoms with Gasteiger partial charge in [0.1, 0.15) is 0 Å². The maximum absolute atomic E-state index is 14.2. The van der Waals surface area contributed by atoms with E-state index in [4.69, 9.17) is 28.0 Å². The molecule has 10 heteroatoms. The molecule has 2 aromatic carbocycles. The molecule has 1 unspecified atom stereocenters. The van der Waals surface area contributed by atoms with Gasteiger partial charge >= 0.3 is 6.18 Å². The number of nitrogens with zero attached hydrogens (tertiary/aromatic N) is 4. The molecular formula is C21H15Cl2F3N4O. The molecule has 0 spiro atoms. The van der Waals surface area contributed by atoms with Crippen molar-refractivity contribution in [2.75, 3.05) is 7.05 Å². The van der Waals surface area contributed by atoms with Crippen LogP contribution in [-0.2, 0) is 10.4 Å². The number of aliphatic imine (C=N–C) groups is 1. The summed E-state index contributed by atoms with van der Waals surface area (Å²) in [5.74, 6) is 0. The lowest BCUT2D eigenvalue weighted by atomic mass is 9.86. The Morgan fingerprint density at radius 3 is 2.52 bits per heavy atom. The van der Waals surface area contributed by atoms with Gasteiger partial charge in [-0.3, -0.25) is 4.99 Å². The van der Waals surface area contributed by atoms with E-state index in [0.717, 1.165) is 5.69 Å². The quantitative estimate of drug-likeness (QED) is 0.455. The summed E-state index contributed by atoms with van der Waals surface area (Å²) in [7, 11) is 1.60. The van der Waals surface area contributed by atoms with Gasteiger partial charge in [-0.1, -0.05) is 34.4 Å². The molecule has 0 saturated heterocycles. The van der Waals surface area contributed by atoms with E-state index >= 15 is 0 Å². The van der Waals surface area contributed by atoms with E-state index in [-0.39, 0.29) is 21.3 Å². The number of aromatic nitrogens is 2. The number of hydrogen-bond acceptors (Lipinski definition) is 4. The number of benzene rings is 2. The summed E-state index contributed by atoms with van der Waals surface area (Å²) in [6, 6.07) is 10.6. The Labute approximate surface area is 185 Å². The van der Waals surface area contributed by atoms with Crippen LogP contribution in [0.4, 0.5) is 13.2 Å². The van der Waals surface area contributed by atoms with Gasteiger partial charge in [-0.25, -0.2) is 4.68 Å². The normalized spacial score (nSPS) is 19.0. The van der Waals surface area contributed by atoms with Crippen molar-refractivity contribution in [2.24, 2.45) is 10.1 Å². The zero-order valence-electron chi connectivity index (χ0n) is 16.1. The highest BCUT2D eigenvalue weighted by Crippen LogP contribution is 2.49. The lowest BCUT2D eigenvalue weighted by Crippen LogP contribution is -2.42. The van der Waals surface area contributed by atoms with Gasteiger partial charge < -0.3 is 4.84 Å². The van der Waals surface area contributed by atoms with Crippen LogP contribution in [-0.4, -0.2) is 34.9 Å². The molecule has 0 radical (unpaired) electrons. The summed E-state index contributed by atoms with van der Waals surface area (Å²) >= 11 is 11.9. The van der Waals surface area contributed by atoms with Crippen molar-refractivity contribution in [1.82, 2.24) is 9.78 Å². The van der Waals surface area contributed by atoms with Gasteiger partial charge in [0.25, 0.3) is 5.60 Å². The molecular weight excluding hydrogens is 452 g/mol. The number of hydrogen-bond donors (Lipinski definition) is 0. The monoisotopic (exact) mass is 466 g/mol. The molecule has 5 nitrogen and oxygen atoms in total. The van der Waals surface area contributed by atoms with Crippen molar-refractivity contribution in [2.45, 2.75) is 18.2 Å². The van der Waals surface area contributed by atoms with E-state index in [0.29, 0.717) is 11.1 Å². The number of alkyl halides is 3. The van der Waals surface area contributed by atoms with Crippen LogP contribution in [0.1, 0.15) is 23.1 Å². The Kier molecular flexibility index (Phi) is 5.53. The molecule has 31 heavy (non-hydrogen) atoms. The molecule has 1 aliphatic heterocycles. The van der Waals surface area contributed by atoms with Crippen molar-refractivity contribution in [3.05, 3.63) is 81.6 Å². The predicted molar refractivity (Wildman–Crippen MR) is 114 cm³/mol. The maximum atomic E-state index is 14.2. The Balaban J connectivity index is 1.75. The first-order chi connectivity index (χ1) is 14.7. The van der Waals surface area contributed by atoms with Gasteiger partial charge in [0.2, 0.25) is 0 Å². The number of rotatable bonds is 4. The third kappa shape index (κ3) is 3.93. The molecule has 3 aromatic rings. The van der Waals surface area contributed by atoms with Gasteiger partial charge in [0, 0.05) is 58.8 Å². The summed E-state index contributed by atoms with van der Waals surface area (Å²) in [6.45, 7) is 0. The van der Waals surface area contributed by atoms with Gasteiger partial charge in [0.15, 0.2) is 0 Å². The van der Waals surface area contributed by atoms with Crippen LogP contribution in [0.2, 0.25) is 10.0 Å². The third-order valence-electron chi connectivity index (χ3n) is 4.90. The predicted octanol–water partition coefficient (Wildman–Crippen LogP) is 5.81. The van der Waals surface area contributed by atoms with E-state index < -0.39 is 18.2 Å². The SMILES string of the molecule is CN=Cc1cc(C2=NOC(c3cc(Cl)cc(Cl)c3)(C(F)(F)F)C2)ccc1-n1cccn1. The third-order valence-corrected chi connectivity index (χ3v) is 5.33. The molecule has 0 saturated carbocycles. The molecule has 1 atom stereocenters.